The predicted molar refractivity (Wildman–Crippen MR) is 74.8 cm³/mol. The summed E-state index contributed by atoms with van der Waals surface area (Å²) in [6, 6.07) is 3.95. The van der Waals surface area contributed by atoms with Crippen molar-refractivity contribution in [2.75, 3.05) is 6.54 Å². The number of aryl methyl sites for hydroxylation is 1. The lowest BCUT2D eigenvalue weighted by atomic mass is 10.1. The van der Waals surface area contributed by atoms with Crippen LogP contribution in [0.25, 0.3) is 0 Å². The molecule has 1 fully saturated rings. The van der Waals surface area contributed by atoms with Gasteiger partial charge in [0.2, 0.25) is 0 Å². The van der Waals surface area contributed by atoms with Crippen molar-refractivity contribution in [2.24, 2.45) is 7.05 Å². The number of aromatic nitrogens is 3. The molecule has 7 heteroatoms. The Morgan fingerprint density at radius 3 is 2.82 bits per heavy atom. The Morgan fingerprint density at radius 2 is 2.14 bits per heavy atom. The van der Waals surface area contributed by atoms with E-state index in [2.05, 4.69) is 15.0 Å². The van der Waals surface area contributed by atoms with Crippen molar-refractivity contribution in [3.8, 4) is 0 Å². The maximum Gasteiger partial charge on any atom is 0.419 e. The van der Waals surface area contributed by atoms with E-state index in [9.17, 15) is 13.2 Å². The number of nitrogens with zero attached hydrogens (tertiary/aromatic N) is 4. The quantitative estimate of drug-likeness (QED) is 0.873. The van der Waals surface area contributed by atoms with Crippen LogP contribution in [0.4, 0.5) is 13.2 Å². The van der Waals surface area contributed by atoms with Crippen LogP contribution in [-0.2, 0) is 19.8 Å². The third kappa shape index (κ3) is 2.85. The van der Waals surface area contributed by atoms with E-state index in [1.165, 1.54) is 4.68 Å². The Bertz CT molecular complexity index is 636. The Hall–Kier alpha value is -1.89. The van der Waals surface area contributed by atoms with Gasteiger partial charge in [0.1, 0.15) is 0 Å². The molecule has 3 heterocycles. The lowest BCUT2D eigenvalue weighted by Gasteiger charge is -2.25. The molecule has 22 heavy (non-hydrogen) atoms. The van der Waals surface area contributed by atoms with E-state index in [1.807, 2.05) is 12.1 Å². The Balaban J connectivity index is 1.86. The minimum atomic E-state index is -4.37. The molecule has 2 aromatic heterocycles. The number of hydrogen-bond donors (Lipinski definition) is 0. The molecule has 0 radical (unpaired) electrons. The van der Waals surface area contributed by atoms with Gasteiger partial charge in [0.25, 0.3) is 0 Å². The zero-order chi connectivity index (χ0) is 15.7. The molecule has 1 aliphatic rings. The molecule has 0 amide bonds. The van der Waals surface area contributed by atoms with Crippen LogP contribution in [0.15, 0.2) is 30.7 Å². The number of alkyl halides is 3. The molecule has 1 saturated heterocycles. The summed E-state index contributed by atoms with van der Waals surface area (Å²) >= 11 is 0. The standard InChI is InChI=1S/C15H17F3N4/c1-21-14(12(9-20-21)15(16,17)18)10-22-7-3-5-13(22)11-4-2-6-19-8-11/h2,4,6,8-9,13H,3,5,7,10H2,1H3. The SMILES string of the molecule is Cn1ncc(C(F)(F)F)c1CN1CCCC1c1cccnc1. The summed E-state index contributed by atoms with van der Waals surface area (Å²) in [5.41, 5.74) is 0.617. The molecule has 0 aromatic carbocycles. The van der Waals surface area contributed by atoms with Gasteiger partial charge < -0.3 is 0 Å². The summed E-state index contributed by atoms with van der Waals surface area (Å²) in [5.74, 6) is 0. The first kappa shape index (κ1) is 15.0. The van der Waals surface area contributed by atoms with E-state index in [0.29, 0.717) is 0 Å². The Kier molecular flexibility index (Phi) is 3.90. The van der Waals surface area contributed by atoms with Crippen LogP contribution in [0.2, 0.25) is 0 Å². The fraction of sp³-hybridized carbons (Fsp3) is 0.467. The zero-order valence-electron chi connectivity index (χ0n) is 12.2. The third-order valence-electron chi connectivity index (χ3n) is 4.15. The number of halogens is 3. The van der Waals surface area contributed by atoms with Gasteiger partial charge in [0.15, 0.2) is 0 Å². The molecule has 118 valence electrons. The fourth-order valence-electron chi connectivity index (χ4n) is 3.05. The van der Waals surface area contributed by atoms with Gasteiger partial charge >= 0.3 is 6.18 Å². The van der Waals surface area contributed by atoms with Crippen molar-refractivity contribution in [3.05, 3.63) is 47.5 Å². The van der Waals surface area contributed by atoms with E-state index in [4.69, 9.17) is 0 Å². The molecule has 0 N–H and O–H groups in total. The summed E-state index contributed by atoms with van der Waals surface area (Å²) in [5, 5.41) is 3.78. The van der Waals surface area contributed by atoms with Crippen molar-refractivity contribution in [3.63, 3.8) is 0 Å². The summed E-state index contributed by atoms with van der Waals surface area (Å²) < 4.78 is 40.5. The molecular weight excluding hydrogens is 293 g/mol. The van der Waals surface area contributed by atoms with Gasteiger partial charge in [0, 0.05) is 32.0 Å². The van der Waals surface area contributed by atoms with E-state index in [-0.39, 0.29) is 18.3 Å². The molecule has 1 atom stereocenters. The smallest absolute Gasteiger partial charge is 0.290 e. The van der Waals surface area contributed by atoms with Gasteiger partial charge in [-0.15, -0.1) is 0 Å². The van der Waals surface area contributed by atoms with Gasteiger partial charge in [-0.2, -0.15) is 18.3 Å². The van der Waals surface area contributed by atoms with Crippen LogP contribution >= 0.6 is 0 Å². The van der Waals surface area contributed by atoms with Gasteiger partial charge in [-0.1, -0.05) is 6.07 Å². The number of likely N-dealkylation sites (tertiary alicyclic amines) is 1. The highest BCUT2D eigenvalue weighted by Gasteiger charge is 2.37. The molecule has 1 aliphatic heterocycles. The highest BCUT2D eigenvalue weighted by atomic mass is 19.4. The Morgan fingerprint density at radius 1 is 1.32 bits per heavy atom. The van der Waals surface area contributed by atoms with E-state index in [0.717, 1.165) is 31.1 Å². The Labute approximate surface area is 126 Å². The van der Waals surface area contributed by atoms with Gasteiger partial charge in [-0.3, -0.25) is 14.6 Å². The van der Waals surface area contributed by atoms with Crippen LogP contribution < -0.4 is 0 Å². The summed E-state index contributed by atoms with van der Waals surface area (Å²) in [7, 11) is 1.56. The van der Waals surface area contributed by atoms with Gasteiger partial charge in [-0.25, -0.2) is 0 Å². The van der Waals surface area contributed by atoms with E-state index in [1.54, 1.807) is 19.4 Å². The second-order valence-corrected chi connectivity index (χ2v) is 5.54. The van der Waals surface area contributed by atoms with Crippen LogP contribution in [0, 0.1) is 0 Å². The van der Waals surface area contributed by atoms with Crippen molar-refractivity contribution in [2.45, 2.75) is 31.6 Å². The van der Waals surface area contributed by atoms with Gasteiger partial charge in [-0.05, 0) is 31.0 Å². The maximum atomic E-state index is 13.1. The normalized spacial score (nSPS) is 19.7. The first-order valence-electron chi connectivity index (χ1n) is 7.19. The summed E-state index contributed by atoms with van der Waals surface area (Å²) in [6.45, 7) is 1.02. The maximum absolute atomic E-state index is 13.1. The molecule has 0 saturated carbocycles. The monoisotopic (exact) mass is 310 g/mol. The second kappa shape index (κ2) is 5.72. The van der Waals surface area contributed by atoms with Crippen LogP contribution in [0.3, 0.4) is 0 Å². The minimum absolute atomic E-state index is 0.115. The highest BCUT2D eigenvalue weighted by Crippen LogP contribution is 2.36. The van der Waals surface area contributed by atoms with Crippen molar-refractivity contribution >= 4 is 0 Å². The molecular formula is C15H17F3N4. The summed E-state index contributed by atoms with van der Waals surface area (Å²) in [6.07, 6.45) is 1.93. The second-order valence-electron chi connectivity index (χ2n) is 5.54. The van der Waals surface area contributed by atoms with Crippen molar-refractivity contribution in [1.29, 1.82) is 0 Å². The van der Waals surface area contributed by atoms with Crippen molar-refractivity contribution in [1.82, 2.24) is 19.7 Å². The average Bonchev–Trinajstić information content (AvgIpc) is 3.07. The fourth-order valence-corrected chi connectivity index (χ4v) is 3.05. The molecule has 0 spiro atoms. The minimum Gasteiger partial charge on any atom is -0.290 e. The third-order valence-corrected chi connectivity index (χ3v) is 4.15. The summed E-state index contributed by atoms with van der Waals surface area (Å²) in [4.78, 5) is 6.18. The first-order valence-corrected chi connectivity index (χ1v) is 7.19. The molecule has 1 unspecified atom stereocenters. The topological polar surface area (TPSA) is 34.0 Å². The molecule has 3 rings (SSSR count). The molecule has 2 aromatic rings. The average molecular weight is 310 g/mol. The van der Waals surface area contributed by atoms with Crippen LogP contribution in [-0.4, -0.2) is 26.2 Å². The zero-order valence-corrected chi connectivity index (χ0v) is 12.2. The van der Waals surface area contributed by atoms with Crippen molar-refractivity contribution < 1.29 is 13.2 Å². The molecule has 4 nitrogen and oxygen atoms in total. The number of rotatable bonds is 3. The molecule has 0 aliphatic carbocycles. The first-order chi connectivity index (χ1) is 10.5. The largest absolute Gasteiger partial charge is 0.419 e. The molecule has 0 bridgehead atoms. The van der Waals surface area contributed by atoms with Crippen LogP contribution in [0.1, 0.15) is 35.7 Å². The van der Waals surface area contributed by atoms with Crippen LogP contribution in [0.5, 0.6) is 0 Å². The number of pyridine rings is 1. The lowest BCUT2D eigenvalue weighted by molar-refractivity contribution is -0.138. The number of hydrogen-bond acceptors (Lipinski definition) is 3. The highest BCUT2D eigenvalue weighted by molar-refractivity contribution is 5.22. The lowest BCUT2D eigenvalue weighted by Crippen LogP contribution is -2.25. The van der Waals surface area contributed by atoms with E-state index < -0.39 is 11.7 Å². The van der Waals surface area contributed by atoms with E-state index >= 15 is 0 Å². The predicted octanol–water partition coefficient (Wildman–Crippen LogP) is 3.17. The van der Waals surface area contributed by atoms with Gasteiger partial charge in [0.05, 0.1) is 17.5 Å².